The number of nitrogens with zero attached hydrogens (tertiary/aromatic N) is 1. The van der Waals surface area contributed by atoms with Crippen molar-refractivity contribution < 1.29 is 13.9 Å². The van der Waals surface area contributed by atoms with Gasteiger partial charge in [0.1, 0.15) is 5.58 Å². The minimum atomic E-state index is 0.269. The highest BCUT2D eigenvalue weighted by Gasteiger charge is 2.24. The molecule has 0 unspecified atom stereocenters. The fourth-order valence-electron chi connectivity index (χ4n) is 2.53. The molecule has 0 radical (unpaired) electrons. The van der Waals surface area contributed by atoms with E-state index in [2.05, 4.69) is 11.9 Å². The number of aldehydes is 1. The molecule has 0 spiro atoms. The van der Waals surface area contributed by atoms with Crippen LogP contribution in [0, 0.1) is 0 Å². The molecule has 4 nitrogen and oxygen atoms in total. The van der Waals surface area contributed by atoms with Crippen molar-refractivity contribution in [2.24, 2.45) is 0 Å². The summed E-state index contributed by atoms with van der Waals surface area (Å²) in [5.41, 5.74) is 3.12. The van der Waals surface area contributed by atoms with Gasteiger partial charge in [0.15, 0.2) is 12.0 Å². The second-order valence-corrected chi connectivity index (χ2v) is 4.23. The van der Waals surface area contributed by atoms with Crippen molar-refractivity contribution in [3.63, 3.8) is 0 Å². The van der Waals surface area contributed by atoms with Crippen LogP contribution in [-0.2, 0) is 6.42 Å². The molecule has 2 heterocycles. The van der Waals surface area contributed by atoms with Crippen molar-refractivity contribution in [2.75, 3.05) is 25.6 Å². The maximum atomic E-state index is 10.9. The molecule has 0 atom stereocenters. The number of ether oxygens (including phenoxy) is 1. The quantitative estimate of drug-likeness (QED) is 0.743. The van der Waals surface area contributed by atoms with Gasteiger partial charge in [0.2, 0.25) is 5.76 Å². The van der Waals surface area contributed by atoms with Gasteiger partial charge in [-0.3, -0.25) is 4.79 Å². The highest BCUT2D eigenvalue weighted by atomic mass is 16.5. The first-order chi connectivity index (χ1) is 8.26. The average Bonchev–Trinajstić information content (AvgIpc) is 2.89. The first-order valence-electron chi connectivity index (χ1n) is 5.55. The first-order valence-corrected chi connectivity index (χ1v) is 5.55. The summed E-state index contributed by atoms with van der Waals surface area (Å²) in [6, 6.07) is 3.92. The van der Waals surface area contributed by atoms with E-state index in [4.69, 9.17) is 9.15 Å². The van der Waals surface area contributed by atoms with E-state index in [1.165, 1.54) is 11.3 Å². The number of hydrogen-bond donors (Lipinski definition) is 0. The molecule has 1 aromatic carbocycles. The number of carbonyl (C=O) groups is 1. The molecule has 1 aliphatic heterocycles. The lowest BCUT2D eigenvalue weighted by atomic mass is 10.1. The molecule has 3 rings (SSSR count). The normalized spacial score (nSPS) is 14.1. The van der Waals surface area contributed by atoms with Gasteiger partial charge in [-0.25, -0.2) is 0 Å². The SMILES string of the molecule is COc1c(C=O)oc2ccc3c(c12)CCN3C. The minimum absolute atomic E-state index is 0.269. The number of carbonyl (C=O) groups excluding carboxylic acids is 1. The number of benzene rings is 1. The molecule has 4 heteroatoms. The molecule has 0 aliphatic carbocycles. The van der Waals surface area contributed by atoms with Gasteiger partial charge in [-0.05, 0) is 24.1 Å². The van der Waals surface area contributed by atoms with Crippen molar-refractivity contribution >= 4 is 22.9 Å². The van der Waals surface area contributed by atoms with E-state index in [0.29, 0.717) is 12.0 Å². The largest absolute Gasteiger partial charge is 0.492 e. The van der Waals surface area contributed by atoms with Crippen molar-refractivity contribution in [1.29, 1.82) is 0 Å². The van der Waals surface area contributed by atoms with E-state index < -0.39 is 0 Å². The second-order valence-electron chi connectivity index (χ2n) is 4.23. The Hall–Kier alpha value is -1.97. The molecule has 2 aromatic rings. The molecule has 0 saturated carbocycles. The van der Waals surface area contributed by atoms with E-state index in [-0.39, 0.29) is 5.76 Å². The molecule has 0 bridgehead atoms. The molecule has 88 valence electrons. The van der Waals surface area contributed by atoms with Crippen LogP contribution in [-0.4, -0.2) is 27.0 Å². The van der Waals surface area contributed by atoms with Gasteiger partial charge in [-0.15, -0.1) is 0 Å². The minimum Gasteiger partial charge on any atom is -0.492 e. The number of rotatable bonds is 2. The number of hydrogen-bond acceptors (Lipinski definition) is 4. The van der Waals surface area contributed by atoms with Crippen molar-refractivity contribution in [1.82, 2.24) is 0 Å². The summed E-state index contributed by atoms with van der Waals surface area (Å²) in [7, 11) is 3.63. The molecule has 0 amide bonds. The van der Waals surface area contributed by atoms with E-state index in [0.717, 1.165) is 23.9 Å². The number of furan rings is 1. The molecular weight excluding hydrogens is 218 g/mol. The van der Waals surface area contributed by atoms with E-state index >= 15 is 0 Å². The van der Waals surface area contributed by atoms with Crippen molar-refractivity contribution in [3.05, 3.63) is 23.5 Å². The lowest BCUT2D eigenvalue weighted by molar-refractivity contribution is 0.109. The third-order valence-electron chi connectivity index (χ3n) is 3.34. The zero-order valence-corrected chi connectivity index (χ0v) is 9.82. The Morgan fingerprint density at radius 2 is 2.29 bits per heavy atom. The van der Waals surface area contributed by atoms with Gasteiger partial charge in [0.05, 0.1) is 12.5 Å². The second kappa shape index (κ2) is 3.52. The third kappa shape index (κ3) is 1.27. The third-order valence-corrected chi connectivity index (χ3v) is 3.34. The van der Waals surface area contributed by atoms with Gasteiger partial charge in [-0.2, -0.15) is 0 Å². The average molecular weight is 231 g/mol. The highest BCUT2D eigenvalue weighted by Crippen LogP contribution is 2.41. The molecule has 1 aliphatic rings. The van der Waals surface area contributed by atoms with E-state index in [1.54, 1.807) is 7.11 Å². The monoisotopic (exact) mass is 231 g/mol. The smallest absolute Gasteiger partial charge is 0.209 e. The van der Waals surface area contributed by atoms with Crippen LogP contribution in [0.1, 0.15) is 16.1 Å². The van der Waals surface area contributed by atoms with E-state index in [1.807, 2.05) is 12.1 Å². The maximum absolute atomic E-state index is 10.9. The van der Waals surface area contributed by atoms with Gasteiger partial charge < -0.3 is 14.1 Å². The molecule has 0 saturated heterocycles. The van der Waals surface area contributed by atoms with Crippen LogP contribution >= 0.6 is 0 Å². The highest BCUT2D eigenvalue weighted by molar-refractivity contribution is 5.98. The Morgan fingerprint density at radius 3 is 3.00 bits per heavy atom. The predicted octanol–water partition coefficient (Wildman–Crippen LogP) is 2.25. The van der Waals surface area contributed by atoms with Crippen molar-refractivity contribution in [3.8, 4) is 5.75 Å². The Morgan fingerprint density at radius 1 is 1.47 bits per heavy atom. The van der Waals surface area contributed by atoms with Gasteiger partial charge in [0.25, 0.3) is 0 Å². The number of fused-ring (bicyclic) bond motifs is 3. The Kier molecular flexibility index (Phi) is 2.11. The lowest BCUT2D eigenvalue weighted by Gasteiger charge is -2.11. The molecule has 0 fully saturated rings. The molecule has 0 N–H and O–H groups in total. The fourth-order valence-corrected chi connectivity index (χ4v) is 2.53. The summed E-state index contributed by atoms with van der Waals surface area (Å²) in [6.45, 7) is 0.985. The summed E-state index contributed by atoms with van der Waals surface area (Å²) in [6.07, 6.45) is 1.65. The predicted molar refractivity (Wildman–Crippen MR) is 65.1 cm³/mol. The molecular formula is C13H13NO3. The van der Waals surface area contributed by atoms with Crippen LogP contribution < -0.4 is 9.64 Å². The van der Waals surface area contributed by atoms with Crippen molar-refractivity contribution in [2.45, 2.75) is 6.42 Å². The number of methoxy groups -OCH3 is 1. The zero-order valence-electron chi connectivity index (χ0n) is 9.82. The van der Waals surface area contributed by atoms with Gasteiger partial charge in [-0.1, -0.05) is 0 Å². The van der Waals surface area contributed by atoms with Crippen LogP contribution in [0.5, 0.6) is 5.75 Å². The standard InChI is InChI=1S/C13H13NO3/c1-14-6-5-8-9(14)3-4-10-12(8)13(16-2)11(7-15)17-10/h3-4,7H,5-6H2,1-2H3. The summed E-state index contributed by atoms with van der Waals surface area (Å²) in [4.78, 5) is 13.1. The summed E-state index contributed by atoms with van der Waals surface area (Å²) < 4.78 is 10.8. The van der Waals surface area contributed by atoms with Crippen LogP contribution in [0.4, 0.5) is 5.69 Å². The maximum Gasteiger partial charge on any atom is 0.209 e. The van der Waals surface area contributed by atoms with Crippen LogP contribution in [0.25, 0.3) is 11.0 Å². The Labute approximate surface area is 98.8 Å². The Bertz CT molecular complexity index is 600. The van der Waals surface area contributed by atoms with Gasteiger partial charge in [0, 0.05) is 19.3 Å². The molecule has 1 aromatic heterocycles. The van der Waals surface area contributed by atoms with Crippen LogP contribution in [0.15, 0.2) is 16.5 Å². The lowest BCUT2D eigenvalue weighted by Crippen LogP contribution is -2.12. The summed E-state index contributed by atoms with van der Waals surface area (Å²) in [5, 5.41) is 0.941. The summed E-state index contributed by atoms with van der Waals surface area (Å²) >= 11 is 0. The topological polar surface area (TPSA) is 42.7 Å². The first kappa shape index (κ1) is 10.2. The number of anilines is 1. The molecule has 17 heavy (non-hydrogen) atoms. The number of likely N-dealkylation sites (N-methyl/N-ethyl adjacent to an activating group) is 1. The van der Waals surface area contributed by atoms with E-state index in [9.17, 15) is 4.79 Å². The Balaban J connectivity index is 2.38. The fraction of sp³-hybridized carbons (Fsp3) is 0.308. The van der Waals surface area contributed by atoms with Crippen LogP contribution in [0.3, 0.4) is 0 Å². The van der Waals surface area contributed by atoms with Gasteiger partial charge >= 0.3 is 0 Å². The van der Waals surface area contributed by atoms with Crippen LogP contribution in [0.2, 0.25) is 0 Å². The summed E-state index contributed by atoms with van der Waals surface area (Å²) in [5.74, 6) is 0.826. The zero-order chi connectivity index (χ0) is 12.0.